The number of methoxy groups -OCH3 is 1. The second-order valence-electron chi connectivity index (χ2n) is 5.38. The largest absolute Gasteiger partial charge is 0.480 e. The Kier molecular flexibility index (Phi) is 4.77. The average molecular weight is 291 g/mol. The lowest BCUT2D eigenvalue weighted by atomic mass is 9.96. The Morgan fingerprint density at radius 1 is 1.43 bits per heavy atom. The molecule has 0 saturated carbocycles. The van der Waals surface area contributed by atoms with E-state index in [0.717, 1.165) is 12.8 Å². The molecule has 1 aromatic heterocycles. The Morgan fingerprint density at radius 3 is 2.86 bits per heavy atom. The summed E-state index contributed by atoms with van der Waals surface area (Å²) in [6.45, 7) is 1.11. The van der Waals surface area contributed by atoms with Crippen molar-refractivity contribution in [1.29, 1.82) is 0 Å². The van der Waals surface area contributed by atoms with Gasteiger partial charge in [0.05, 0.1) is 13.0 Å². The van der Waals surface area contributed by atoms with E-state index in [1.54, 1.807) is 42.2 Å². The molecular formula is C15H21N3O3. The number of rotatable bonds is 3. The highest BCUT2D eigenvalue weighted by molar-refractivity contribution is 5.96. The summed E-state index contributed by atoms with van der Waals surface area (Å²) < 4.78 is 5.14. The number of carbonyl (C=O) groups is 2. The van der Waals surface area contributed by atoms with Gasteiger partial charge in [0.25, 0.3) is 5.91 Å². The zero-order valence-corrected chi connectivity index (χ0v) is 12.7. The molecule has 114 valence electrons. The molecule has 2 heterocycles. The molecule has 21 heavy (non-hydrogen) atoms. The number of amides is 2. The van der Waals surface area contributed by atoms with Crippen molar-refractivity contribution in [3.8, 4) is 5.88 Å². The van der Waals surface area contributed by atoms with Crippen LogP contribution in [0.2, 0.25) is 0 Å². The Labute approximate surface area is 124 Å². The third kappa shape index (κ3) is 3.32. The molecule has 1 aliphatic heterocycles. The Bertz CT molecular complexity index is 531. The van der Waals surface area contributed by atoms with E-state index in [1.165, 1.54) is 7.11 Å². The minimum Gasteiger partial charge on any atom is -0.480 e. The topological polar surface area (TPSA) is 62.7 Å². The van der Waals surface area contributed by atoms with Crippen LogP contribution in [0.25, 0.3) is 0 Å². The van der Waals surface area contributed by atoms with Gasteiger partial charge in [0.1, 0.15) is 5.56 Å². The molecule has 1 fully saturated rings. The third-order valence-electron chi connectivity index (χ3n) is 3.69. The lowest BCUT2D eigenvalue weighted by molar-refractivity contribution is -0.134. The van der Waals surface area contributed by atoms with Crippen molar-refractivity contribution < 1.29 is 14.3 Å². The molecule has 0 spiro atoms. The van der Waals surface area contributed by atoms with Crippen molar-refractivity contribution in [3.63, 3.8) is 0 Å². The summed E-state index contributed by atoms with van der Waals surface area (Å²) in [4.78, 5) is 32.0. The first kappa shape index (κ1) is 15.3. The van der Waals surface area contributed by atoms with Crippen LogP contribution in [0.15, 0.2) is 18.3 Å². The normalized spacial score (nSPS) is 18.2. The van der Waals surface area contributed by atoms with Gasteiger partial charge in [-0.1, -0.05) is 0 Å². The quantitative estimate of drug-likeness (QED) is 0.834. The molecule has 1 saturated heterocycles. The minimum absolute atomic E-state index is 0.0747. The van der Waals surface area contributed by atoms with Gasteiger partial charge in [-0.15, -0.1) is 0 Å². The highest BCUT2D eigenvalue weighted by Gasteiger charge is 2.30. The van der Waals surface area contributed by atoms with Gasteiger partial charge in [0.2, 0.25) is 11.8 Å². The molecule has 6 heteroatoms. The molecule has 1 aliphatic rings. The predicted molar refractivity (Wildman–Crippen MR) is 78.1 cm³/mol. The highest BCUT2D eigenvalue weighted by atomic mass is 16.5. The van der Waals surface area contributed by atoms with Crippen LogP contribution in [0.4, 0.5) is 0 Å². The first-order chi connectivity index (χ1) is 10.0. The summed E-state index contributed by atoms with van der Waals surface area (Å²) in [7, 11) is 4.98. The van der Waals surface area contributed by atoms with E-state index in [4.69, 9.17) is 4.74 Å². The molecule has 0 radical (unpaired) electrons. The van der Waals surface area contributed by atoms with Crippen LogP contribution >= 0.6 is 0 Å². The molecule has 1 unspecified atom stereocenters. The Morgan fingerprint density at radius 2 is 2.19 bits per heavy atom. The molecule has 2 amide bonds. The fourth-order valence-electron chi connectivity index (χ4n) is 2.61. The van der Waals surface area contributed by atoms with Crippen molar-refractivity contribution in [1.82, 2.24) is 14.8 Å². The van der Waals surface area contributed by atoms with Crippen LogP contribution in [-0.4, -0.2) is 60.9 Å². The summed E-state index contributed by atoms with van der Waals surface area (Å²) in [6, 6.07) is 3.41. The monoisotopic (exact) mass is 291 g/mol. The maximum Gasteiger partial charge on any atom is 0.259 e. The van der Waals surface area contributed by atoms with Crippen molar-refractivity contribution in [2.75, 3.05) is 34.3 Å². The number of pyridine rings is 1. The lowest BCUT2D eigenvalue weighted by Gasteiger charge is -2.33. The number of carbonyl (C=O) groups excluding carboxylic acids is 2. The first-order valence-corrected chi connectivity index (χ1v) is 7.04. The highest BCUT2D eigenvalue weighted by Crippen LogP contribution is 2.22. The maximum absolute atomic E-state index is 12.6. The van der Waals surface area contributed by atoms with Crippen molar-refractivity contribution in [3.05, 3.63) is 23.9 Å². The first-order valence-electron chi connectivity index (χ1n) is 7.04. The number of nitrogens with zero attached hydrogens (tertiary/aromatic N) is 3. The molecule has 0 aliphatic carbocycles. The van der Waals surface area contributed by atoms with E-state index >= 15 is 0 Å². The van der Waals surface area contributed by atoms with Gasteiger partial charge in [-0.3, -0.25) is 9.59 Å². The van der Waals surface area contributed by atoms with E-state index in [0.29, 0.717) is 24.5 Å². The van der Waals surface area contributed by atoms with Gasteiger partial charge in [-0.25, -0.2) is 4.98 Å². The van der Waals surface area contributed by atoms with Crippen LogP contribution in [0, 0.1) is 5.92 Å². The van der Waals surface area contributed by atoms with Gasteiger partial charge < -0.3 is 14.5 Å². The molecule has 0 N–H and O–H groups in total. The van der Waals surface area contributed by atoms with E-state index in [-0.39, 0.29) is 17.7 Å². The fourth-order valence-corrected chi connectivity index (χ4v) is 2.61. The van der Waals surface area contributed by atoms with Gasteiger partial charge >= 0.3 is 0 Å². The fraction of sp³-hybridized carbons (Fsp3) is 0.533. The number of hydrogen-bond donors (Lipinski definition) is 0. The number of hydrogen-bond acceptors (Lipinski definition) is 4. The maximum atomic E-state index is 12.6. The number of aromatic nitrogens is 1. The van der Waals surface area contributed by atoms with Crippen molar-refractivity contribution in [2.24, 2.45) is 5.92 Å². The predicted octanol–water partition coefficient (Wildman–Crippen LogP) is 1.03. The number of ether oxygens (including phenoxy) is 1. The van der Waals surface area contributed by atoms with Crippen molar-refractivity contribution in [2.45, 2.75) is 12.8 Å². The molecule has 1 atom stereocenters. The van der Waals surface area contributed by atoms with Gasteiger partial charge in [0, 0.05) is 33.4 Å². The van der Waals surface area contributed by atoms with E-state index in [9.17, 15) is 9.59 Å². The Hall–Kier alpha value is -2.11. The molecule has 0 bridgehead atoms. The number of likely N-dealkylation sites (tertiary alicyclic amines) is 1. The average Bonchev–Trinajstić information content (AvgIpc) is 2.53. The van der Waals surface area contributed by atoms with E-state index in [2.05, 4.69) is 4.98 Å². The molecule has 1 aromatic rings. The van der Waals surface area contributed by atoms with Crippen LogP contribution in [0.5, 0.6) is 5.88 Å². The summed E-state index contributed by atoms with van der Waals surface area (Å²) in [5.74, 6) is 0.144. The van der Waals surface area contributed by atoms with Gasteiger partial charge in [-0.05, 0) is 25.0 Å². The second kappa shape index (κ2) is 6.56. The van der Waals surface area contributed by atoms with Crippen LogP contribution in [0.1, 0.15) is 23.2 Å². The molecule has 2 rings (SSSR count). The third-order valence-corrected chi connectivity index (χ3v) is 3.69. The van der Waals surface area contributed by atoms with Crippen LogP contribution in [0.3, 0.4) is 0 Å². The Balaban J connectivity index is 2.14. The molecule has 0 aromatic carbocycles. The van der Waals surface area contributed by atoms with Crippen LogP contribution < -0.4 is 4.74 Å². The van der Waals surface area contributed by atoms with Crippen molar-refractivity contribution >= 4 is 11.8 Å². The summed E-state index contributed by atoms with van der Waals surface area (Å²) in [5.41, 5.74) is 0.443. The number of piperidine rings is 1. The van der Waals surface area contributed by atoms with E-state index in [1.807, 2.05) is 0 Å². The van der Waals surface area contributed by atoms with Gasteiger partial charge in [0.15, 0.2) is 0 Å². The van der Waals surface area contributed by atoms with Gasteiger partial charge in [-0.2, -0.15) is 0 Å². The summed E-state index contributed by atoms with van der Waals surface area (Å²) in [5, 5.41) is 0. The van der Waals surface area contributed by atoms with Crippen LogP contribution in [-0.2, 0) is 4.79 Å². The smallest absolute Gasteiger partial charge is 0.259 e. The zero-order chi connectivity index (χ0) is 15.4. The zero-order valence-electron chi connectivity index (χ0n) is 12.7. The summed E-state index contributed by atoms with van der Waals surface area (Å²) >= 11 is 0. The summed E-state index contributed by atoms with van der Waals surface area (Å²) in [6.07, 6.45) is 3.24. The minimum atomic E-state index is -0.129. The second-order valence-corrected chi connectivity index (χ2v) is 5.38. The molecular weight excluding hydrogens is 270 g/mol. The van der Waals surface area contributed by atoms with E-state index < -0.39 is 0 Å². The molecule has 6 nitrogen and oxygen atoms in total. The lowest BCUT2D eigenvalue weighted by Crippen LogP contribution is -2.45. The SMILES string of the molecule is COc1ncccc1C(=O)N1CCCC(C(=O)N(C)C)C1. The standard InChI is InChI=1S/C15H21N3O3/c1-17(2)14(19)11-6-5-9-18(10-11)15(20)12-7-4-8-16-13(12)21-3/h4,7-8,11H,5-6,9-10H2,1-3H3.